The Morgan fingerprint density at radius 2 is 0.592 bits per heavy atom. The molecule has 26 heterocycles. The maximum atomic E-state index is 5.58. The first kappa shape index (κ1) is 84.6. The van der Waals surface area contributed by atoms with Crippen molar-refractivity contribution in [1.82, 2.24) is 122 Å². The standard InChI is InChI=1S/C23H31N5O2.C21H27N5O2.C19H25N5O.C18H23N5O.C17H21N5O/c1-3-18(27-7-11-30-12-8-27)4-2-17(1)20-15-28-21(26-20)14-25-23-22(28)19(13-24-23)16-5-9-29-10-6-16;1-5-25(16-12-28-13-16)6-2-15(1)18-11-26-19(24-18)10-23-21-20(26)17(9-22-21)14-3-7-27-8-4-14;1-23-6-2-3-14(11-23)16-12-24-17(22-16)10-21-19-18(24)15(9-20-19)13-4-7-25-8-5-13;1-2-13(8-19-5-1)15-11-23-16(22-15)10-21-18-17(23)14(9-20-18)12-3-6-24-7-4-12;1-4-18-7-12(1)14-10-22-15(21-14)9-20-17-16(22)13(8-19-17)11-2-5-23-6-3-11/h13-18,24H,1-12H2;9-11,14-16,22H,1-8,12-13H2;9-10,12-14,20H,2-8,11H2,1H3;9-13,19-20H,1-8H2;8-12,18-19H,1-7H2. The fourth-order valence-electron chi connectivity index (χ4n) is 23.6. The Kier molecular flexibility index (Phi) is 24.8. The topological polar surface area (TPSA) is 328 Å². The van der Waals surface area contributed by atoms with Gasteiger partial charge in [-0.3, -0.25) is 31.8 Å². The molecule has 11 saturated heterocycles. The van der Waals surface area contributed by atoms with E-state index in [2.05, 4.69) is 166 Å². The van der Waals surface area contributed by atoms with Crippen molar-refractivity contribution in [2.24, 2.45) is 0 Å². The fourth-order valence-corrected chi connectivity index (χ4v) is 23.6. The SMILES string of the molecule is CN1CCCC(c2cn3c(cnc4[nH]cc(C5CCOCC5)c43)n2)C1.c1[nH]c2ncc3nc(C4CCC(N5CCOCC5)CC4)cn3c2c1C1CCOCC1.c1[nH]c2ncc3nc(C4CCCNC4)cn3c2c1C1CCOCC1.c1[nH]c2ncc3nc(C4CCN(C5COC5)CC4)cn3c2c1C1CCOCC1.c1[nH]c2ncc3nc(C4CCNC4)cn3c2c1C1CCOCC1. The molecule has 7 N–H and O–H groups in total. The van der Waals surface area contributed by atoms with Crippen LogP contribution in [-0.2, 0) is 33.2 Å². The van der Waals surface area contributed by atoms with Crippen molar-refractivity contribution in [3.63, 3.8) is 0 Å². The largest absolute Gasteiger partial charge is 0.381 e. The molecule has 15 aromatic heterocycles. The van der Waals surface area contributed by atoms with Gasteiger partial charge in [-0.05, 0) is 232 Å². The lowest BCUT2D eigenvalue weighted by atomic mass is 9.83. The lowest BCUT2D eigenvalue weighted by Crippen LogP contribution is -2.51. The van der Waals surface area contributed by atoms with Gasteiger partial charge in [0, 0.05) is 196 Å². The predicted molar refractivity (Wildman–Crippen MR) is 498 cm³/mol. The van der Waals surface area contributed by atoms with Gasteiger partial charge in [-0.25, -0.2) is 49.8 Å². The Hall–Kier alpha value is -9.68. The van der Waals surface area contributed by atoms with Crippen LogP contribution in [-0.4, -0.2) is 289 Å². The van der Waals surface area contributed by atoms with Crippen LogP contribution in [0.3, 0.4) is 0 Å². The Morgan fingerprint density at radius 1 is 0.277 bits per heavy atom. The van der Waals surface area contributed by atoms with Crippen molar-refractivity contribution < 1.29 is 33.2 Å². The minimum Gasteiger partial charge on any atom is -0.381 e. The van der Waals surface area contributed by atoms with Gasteiger partial charge in [0.15, 0.2) is 56.5 Å². The van der Waals surface area contributed by atoms with E-state index >= 15 is 0 Å². The third-order valence-electron chi connectivity index (χ3n) is 31.1. The van der Waals surface area contributed by atoms with Gasteiger partial charge in [-0.1, -0.05) is 0 Å². The molecule has 3 atom stereocenters. The summed E-state index contributed by atoms with van der Waals surface area (Å²) in [5.74, 6) is 5.37. The third kappa shape index (κ3) is 17.2. The molecule has 0 bridgehead atoms. The van der Waals surface area contributed by atoms with Gasteiger partial charge < -0.3 is 73.6 Å². The molecule has 12 aliphatic rings. The van der Waals surface area contributed by atoms with E-state index in [-0.39, 0.29) is 0 Å². The minimum atomic E-state index is 0.513. The summed E-state index contributed by atoms with van der Waals surface area (Å²) in [5, 5.41) is 6.91. The molecule has 11 aliphatic heterocycles. The number of fused-ring (bicyclic) bond motifs is 15. The summed E-state index contributed by atoms with van der Waals surface area (Å²) in [7, 11) is 2.21. The van der Waals surface area contributed by atoms with E-state index in [1.54, 1.807) is 0 Å². The van der Waals surface area contributed by atoms with E-state index in [0.29, 0.717) is 65.2 Å². The average molecular weight is 1770 g/mol. The number of rotatable bonds is 12. The lowest BCUT2D eigenvalue weighted by Gasteiger charge is -2.41. The number of morpholine rings is 1. The van der Waals surface area contributed by atoms with Crippen molar-refractivity contribution in [3.8, 4) is 0 Å². The van der Waals surface area contributed by atoms with Crippen molar-refractivity contribution in [2.75, 3.05) is 165 Å². The van der Waals surface area contributed by atoms with E-state index < -0.39 is 0 Å². The summed E-state index contributed by atoms with van der Waals surface area (Å²) in [6, 6.07) is 1.37. The van der Waals surface area contributed by atoms with Crippen molar-refractivity contribution >= 4 is 84.1 Å². The van der Waals surface area contributed by atoms with E-state index in [4.69, 9.17) is 58.1 Å². The molecule has 0 spiro atoms. The Bertz CT molecular complexity index is 6340. The number of aromatic amines is 5. The number of ether oxygens (including phenoxy) is 7. The number of nitrogens with one attached hydrogen (secondary N) is 7. The maximum absolute atomic E-state index is 5.58. The van der Waals surface area contributed by atoms with Gasteiger partial charge in [0.2, 0.25) is 0 Å². The maximum Gasteiger partial charge on any atom is 0.156 e. The van der Waals surface area contributed by atoms with Crippen LogP contribution in [0, 0.1) is 0 Å². The molecule has 1 aliphatic carbocycles. The number of likely N-dealkylation sites (N-methyl/N-ethyl adjacent to an activating group) is 1. The molecule has 130 heavy (non-hydrogen) atoms. The zero-order valence-corrected chi connectivity index (χ0v) is 75.3. The quantitative estimate of drug-likeness (QED) is 0.0597. The van der Waals surface area contributed by atoms with Gasteiger partial charge in [-0.2, -0.15) is 0 Å². The van der Waals surface area contributed by atoms with Crippen LogP contribution in [0.5, 0.6) is 0 Å². The number of piperidine rings is 3. The smallest absolute Gasteiger partial charge is 0.156 e. The highest BCUT2D eigenvalue weighted by Gasteiger charge is 2.36. The number of imidazole rings is 5. The lowest BCUT2D eigenvalue weighted by molar-refractivity contribution is -0.0713. The van der Waals surface area contributed by atoms with Gasteiger partial charge in [0.1, 0.15) is 0 Å². The number of hydrogen-bond acceptors (Lipinski definition) is 22. The van der Waals surface area contributed by atoms with Crippen molar-refractivity contribution in [3.05, 3.63) is 149 Å². The normalized spacial score (nSPS) is 24.3. The summed E-state index contributed by atoms with van der Waals surface area (Å²) >= 11 is 0. The molecule has 3 unspecified atom stereocenters. The second kappa shape index (κ2) is 38.1. The van der Waals surface area contributed by atoms with Crippen LogP contribution in [0.15, 0.2) is 93.0 Å². The number of hydrogen-bond donors (Lipinski definition) is 7. The summed E-state index contributed by atoms with van der Waals surface area (Å²) < 4.78 is 49.9. The second-order valence-corrected chi connectivity index (χ2v) is 38.9. The number of nitrogens with zero attached hydrogens (tertiary/aromatic N) is 18. The molecule has 0 aromatic carbocycles. The molecule has 32 nitrogen and oxygen atoms in total. The molecule has 12 fully saturated rings. The number of likely N-dealkylation sites (tertiary alicyclic amines) is 2. The summed E-state index contributed by atoms with van der Waals surface area (Å²) in [4.78, 5) is 72.2. The zero-order valence-electron chi connectivity index (χ0n) is 75.3. The minimum absolute atomic E-state index is 0.513. The molecule has 27 rings (SSSR count). The number of aromatic nitrogens is 20. The molecule has 15 aromatic rings. The molecule has 0 radical (unpaired) electrons. The highest BCUT2D eigenvalue weighted by atomic mass is 16.5. The van der Waals surface area contributed by atoms with E-state index in [9.17, 15) is 0 Å². The van der Waals surface area contributed by atoms with Crippen molar-refractivity contribution in [1.29, 1.82) is 0 Å². The Labute approximate surface area is 755 Å². The van der Waals surface area contributed by atoms with Crippen LogP contribution in [0.4, 0.5) is 0 Å². The van der Waals surface area contributed by atoms with E-state index in [1.165, 1.54) is 161 Å². The molecule has 1 saturated carbocycles. The monoisotopic (exact) mass is 1770 g/mol. The highest BCUT2D eigenvalue weighted by molar-refractivity contribution is 5.83. The van der Waals surface area contributed by atoms with Crippen molar-refractivity contribution in [2.45, 2.75) is 206 Å². The van der Waals surface area contributed by atoms with Gasteiger partial charge in [-0.15, -0.1) is 0 Å². The first-order valence-corrected chi connectivity index (χ1v) is 49.2. The second-order valence-electron chi connectivity index (χ2n) is 38.9. The Morgan fingerprint density at radius 3 is 0.923 bits per heavy atom. The van der Waals surface area contributed by atoms with Gasteiger partial charge in [0.25, 0.3) is 0 Å². The Balaban J connectivity index is 0.0000000929. The summed E-state index contributed by atoms with van der Waals surface area (Å²) in [6.45, 7) is 23.1. The van der Waals surface area contributed by atoms with Crippen LogP contribution in [0.1, 0.15) is 250 Å². The van der Waals surface area contributed by atoms with E-state index in [1.807, 2.05) is 31.0 Å². The van der Waals surface area contributed by atoms with Crippen LogP contribution < -0.4 is 10.6 Å². The third-order valence-corrected chi connectivity index (χ3v) is 31.1. The molecular weight excluding hydrogens is 1640 g/mol. The van der Waals surface area contributed by atoms with E-state index in [0.717, 1.165) is 278 Å². The van der Waals surface area contributed by atoms with Crippen LogP contribution in [0.25, 0.3) is 84.1 Å². The molecule has 0 amide bonds. The number of H-pyrrole nitrogens is 5. The van der Waals surface area contributed by atoms with Crippen LogP contribution >= 0.6 is 0 Å². The first-order valence-electron chi connectivity index (χ1n) is 49.2. The molecule has 686 valence electrons. The molecular formula is C98H127N25O7. The molecule has 32 heteroatoms. The fraction of sp³-hybridized carbons (Fsp3) is 0.592. The van der Waals surface area contributed by atoms with Crippen LogP contribution in [0.2, 0.25) is 0 Å². The first-order chi connectivity index (χ1) is 64.3. The van der Waals surface area contributed by atoms with Gasteiger partial charge >= 0.3 is 0 Å². The summed E-state index contributed by atoms with van der Waals surface area (Å²) in [6.07, 6.45) is 55.6. The zero-order chi connectivity index (χ0) is 86.4. The van der Waals surface area contributed by atoms with Gasteiger partial charge in [0.05, 0.1) is 120 Å². The highest BCUT2D eigenvalue weighted by Crippen LogP contribution is 2.43. The summed E-state index contributed by atoms with van der Waals surface area (Å²) in [5.41, 5.74) is 28.4. The predicted octanol–water partition coefficient (Wildman–Crippen LogP) is 13.8. The average Bonchev–Trinajstić information content (AvgIpc) is 1.62.